The Morgan fingerprint density at radius 2 is 1.71 bits per heavy atom. The molecule has 0 saturated heterocycles. The molecule has 0 heterocycles. The summed E-state index contributed by atoms with van der Waals surface area (Å²) >= 11 is 12.1. The molecule has 0 saturated carbocycles. The molecule has 11 heteroatoms. The second-order valence-corrected chi connectivity index (χ2v) is 10.8. The first kappa shape index (κ1) is 27.9. The number of hydrogen-bond acceptors (Lipinski definition) is 4. The molecule has 0 aromatic heterocycles. The van der Waals surface area contributed by atoms with E-state index in [4.69, 9.17) is 23.2 Å². The molecule has 2 rings (SSSR count). The van der Waals surface area contributed by atoms with E-state index >= 15 is 0 Å². The number of nitrogens with one attached hydrogen (secondary N) is 1. The quantitative estimate of drug-likeness (QED) is 0.496. The number of nitrogens with zero attached hydrogens (tertiary/aromatic N) is 2. The summed E-state index contributed by atoms with van der Waals surface area (Å²) in [6.45, 7) is 4.68. The largest absolute Gasteiger partial charge is 0.352 e. The van der Waals surface area contributed by atoms with Crippen molar-refractivity contribution in [3.05, 3.63) is 63.9 Å². The van der Waals surface area contributed by atoms with Crippen molar-refractivity contribution in [3.8, 4) is 0 Å². The van der Waals surface area contributed by atoms with Crippen molar-refractivity contribution in [3.63, 3.8) is 0 Å². The van der Waals surface area contributed by atoms with Gasteiger partial charge in [-0.1, -0.05) is 42.3 Å². The predicted molar refractivity (Wildman–Crippen MR) is 133 cm³/mol. The predicted octanol–water partition coefficient (Wildman–Crippen LogP) is 4.23. The first-order valence-corrected chi connectivity index (χ1v) is 13.2. The van der Waals surface area contributed by atoms with Crippen LogP contribution in [0, 0.1) is 5.82 Å². The van der Waals surface area contributed by atoms with Crippen molar-refractivity contribution in [2.75, 3.05) is 17.1 Å². The summed E-state index contributed by atoms with van der Waals surface area (Å²) in [5.41, 5.74) is 0.661. The summed E-state index contributed by atoms with van der Waals surface area (Å²) in [5, 5.41) is 3.19. The smallest absolute Gasteiger partial charge is 0.244 e. The van der Waals surface area contributed by atoms with E-state index in [1.165, 1.54) is 47.4 Å². The molecule has 7 nitrogen and oxygen atoms in total. The van der Waals surface area contributed by atoms with Gasteiger partial charge >= 0.3 is 0 Å². The maximum Gasteiger partial charge on any atom is 0.244 e. The van der Waals surface area contributed by atoms with E-state index < -0.39 is 34.3 Å². The van der Waals surface area contributed by atoms with Crippen molar-refractivity contribution in [2.24, 2.45) is 0 Å². The van der Waals surface area contributed by atoms with Gasteiger partial charge in [0.25, 0.3) is 0 Å². The van der Waals surface area contributed by atoms with Crippen LogP contribution in [-0.4, -0.2) is 50.0 Å². The second-order valence-electron chi connectivity index (χ2n) is 8.01. The van der Waals surface area contributed by atoms with Crippen molar-refractivity contribution >= 4 is 50.7 Å². The number of anilines is 1. The lowest BCUT2D eigenvalue weighted by atomic mass is 10.1. The lowest BCUT2D eigenvalue weighted by Gasteiger charge is -2.32. The summed E-state index contributed by atoms with van der Waals surface area (Å²) in [6.07, 6.45) is 1.65. The van der Waals surface area contributed by atoms with Crippen LogP contribution in [0.5, 0.6) is 0 Å². The van der Waals surface area contributed by atoms with Crippen LogP contribution < -0.4 is 9.62 Å². The van der Waals surface area contributed by atoms with Crippen molar-refractivity contribution < 1.29 is 22.4 Å². The Morgan fingerprint density at radius 3 is 2.24 bits per heavy atom. The van der Waals surface area contributed by atoms with Gasteiger partial charge in [-0.05, 0) is 56.2 Å². The summed E-state index contributed by atoms with van der Waals surface area (Å²) in [5.74, 6) is -1.46. The summed E-state index contributed by atoms with van der Waals surface area (Å²) in [4.78, 5) is 27.5. The zero-order chi connectivity index (χ0) is 25.6. The Balaban J connectivity index is 2.41. The fraction of sp³-hybridized carbons (Fsp3) is 0.391. The van der Waals surface area contributed by atoms with Gasteiger partial charge in [-0.2, -0.15) is 0 Å². The van der Waals surface area contributed by atoms with E-state index in [0.29, 0.717) is 17.0 Å². The minimum absolute atomic E-state index is 0.0276. The molecular formula is C23H28Cl2FN3O4S. The molecule has 0 unspecified atom stereocenters. The Kier molecular flexibility index (Phi) is 9.73. The standard InChI is InChI=1S/C23H28Cl2FN3O4S/c1-5-15(2)27-23(31)16(3)28(13-17-6-9-19(26)10-7-17)22(30)14-29(34(4,32)33)21-11-8-18(24)12-20(21)25/h6-12,15-16H,5,13-14H2,1-4H3,(H,27,31)/t15-,16-/m0/s1. The summed E-state index contributed by atoms with van der Waals surface area (Å²) < 4.78 is 39.3. The average molecular weight is 532 g/mol. The van der Waals surface area contributed by atoms with Crippen molar-refractivity contribution in [1.29, 1.82) is 0 Å². The van der Waals surface area contributed by atoms with Crippen LogP contribution in [0.25, 0.3) is 0 Å². The van der Waals surface area contributed by atoms with Gasteiger partial charge in [0.05, 0.1) is 17.0 Å². The third kappa shape index (κ3) is 7.58. The molecule has 186 valence electrons. The van der Waals surface area contributed by atoms with Crippen LogP contribution in [-0.2, 0) is 26.2 Å². The first-order valence-electron chi connectivity index (χ1n) is 10.6. The van der Waals surface area contributed by atoms with Gasteiger partial charge in [-0.25, -0.2) is 12.8 Å². The number of amides is 2. The minimum Gasteiger partial charge on any atom is -0.352 e. The maximum atomic E-state index is 13.4. The monoisotopic (exact) mass is 531 g/mol. The Hall–Kier alpha value is -2.36. The molecule has 2 atom stereocenters. The van der Waals surface area contributed by atoms with Gasteiger partial charge in [0.2, 0.25) is 21.8 Å². The highest BCUT2D eigenvalue weighted by molar-refractivity contribution is 7.92. The van der Waals surface area contributed by atoms with Gasteiger partial charge in [0.15, 0.2) is 0 Å². The van der Waals surface area contributed by atoms with Gasteiger partial charge < -0.3 is 10.2 Å². The number of rotatable bonds is 10. The molecule has 1 N–H and O–H groups in total. The lowest BCUT2D eigenvalue weighted by molar-refractivity contribution is -0.139. The van der Waals surface area contributed by atoms with E-state index in [9.17, 15) is 22.4 Å². The molecule has 0 fully saturated rings. The maximum absolute atomic E-state index is 13.4. The lowest BCUT2D eigenvalue weighted by Crippen LogP contribution is -2.52. The third-order valence-corrected chi connectivity index (χ3v) is 6.96. The third-order valence-electron chi connectivity index (χ3n) is 5.29. The molecule has 2 aromatic carbocycles. The SMILES string of the molecule is CC[C@H](C)NC(=O)[C@H](C)N(Cc1ccc(F)cc1)C(=O)CN(c1ccc(Cl)cc1Cl)S(C)(=O)=O. The molecule has 0 spiro atoms. The number of sulfonamides is 1. The second kappa shape index (κ2) is 11.9. The van der Waals surface area contributed by atoms with Gasteiger partial charge in [-0.15, -0.1) is 0 Å². The minimum atomic E-state index is -3.92. The van der Waals surface area contributed by atoms with Crippen LogP contribution >= 0.6 is 23.2 Å². The Morgan fingerprint density at radius 1 is 1.09 bits per heavy atom. The highest BCUT2D eigenvalue weighted by Crippen LogP contribution is 2.30. The number of carbonyl (C=O) groups excluding carboxylic acids is 2. The van der Waals surface area contributed by atoms with E-state index in [2.05, 4.69) is 5.32 Å². The van der Waals surface area contributed by atoms with Crippen molar-refractivity contribution in [2.45, 2.75) is 45.8 Å². The highest BCUT2D eigenvalue weighted by Gasteiger charge is 2.31. The van der Waals surface area contributed by atoms with Crippen LogP contribution in [0.2, 0.25) is 10.0 Å². The average Bonchev–Trinajstić information content (AvgIpc) is 2.76. The van der Waals surface area contributed by atoms with Crippen molar-refractivity contribution in [1.82, 2.24) is 10.2 Å². The first-order chi connectivity index (χ1) is 15.8. The zero-order valence-electron chi connectivity index (χ0n) is 19.4. The molecule has 34 heavy (non-hydrogen) atoms. The number of benzene rings is 2. The molecule has 0 radical (unpaired) electrons. The topological polar surface area (TPSA) is 86.8 Å². The van der Waals surface area contributed by atoms with E-state index in [-0.39, 0.29) is 29.2 Å². The van der Waals surface area contributed by atoms with Crippen LogP contribution in [0.4, 0.5) is 10.1 Å². The summed E-state index contributed by atoms with van der Waals surface area (Å²) in [6, 6.07) is 8.70. The number of hydrogen-bond donors (Lipinski definition) is 1. The van der Waals surface area contributed by atoms with Gasteiger partial charge in [0.1, 0.15) is 18.4 Å². The van der Waals surface area contributed by atoms with Crippen LogP contribution in [0.3, 0.4) is 0 Å². The molecule has 2 aromatic rings. The van der Waals surface area contributed by atoms with E-state index in [1.807, 2.05) is 13.8 Å². The Labute approximate surface area is 209 Å². The molecule has 2 amide bonds. The van der Waals surface area contributed by atoms with Gasteiger partial charge in [0, 0.05) is 17.6 Å². The van der Waals surface area contributed by atoms with E-state index in [0.717, 1.165) is 10.6 Å². The highest BCUT2D eigenvalue weighted by atomic mass is 35.5. The molecule has 0 aliphatic carbocycles. The Bertz CT molecular complexity index is 1130. The fourth-order valence-corrected chi connectivity index (χ4v) is 4.54. The molecular weight excluding hydrogens is 504 g/mol. The number of halogens is 3. The van der Waals surface area contributed by atoms with E-state index in [1.54, 1.807) is 6.92 Å². The molecule has 0 aliphatic heterocycles. The van der Waals surface area contributed by atoms with Crippen LogP contribution in [0.1, 0.15) is 32.8 Å². The normalized spacial score (nSPS) is 13.1. The fourth-order valence-electron chi connectivity index (χ4n) is 3.11. The number of carbonyl (C=O) groups is 2. The summed E-state index contributed by atoms with van der Waals surface area (Å²) in [7, 11) is -3.92. The molecule has 0 aliphatic rings. The van der Waals surface area contributed by atoms with Crippen LogP contribution in [0.15, 0.2) is 42.5 Å². The van der Waals surface area contributed by atoms with Gasteiger partial charge in [-0.3, -0.25) is 13.9 Å². The molecule has 0 bridgehead atoms. The zero-order valence-corrected chi connectivity index (χ0v) is 21.7.